The van der Waals surface area contributed by atoms with Gasteiger partial charge in [0.25, 0.3) is 0 Å². The molecule has 166 valence electrons. The highest BCUT2D eigenvalue weighted by atomic mass is 35.5. The van der Waals surface area contributed by atoms with Gasteiger partial charge in [-0.3, -0.25) is 9.48 Å². The van der Waals surface area contributed by atoms with Gasteiger partial charge in [0, 0.05) is 24.3 Å². The number of aromatic nitrogens is 2. The number of anilines is 1. The number of hydrogen-bond acceptors (Lipinski definition) is 4. The van der Waals surface area contributed by atoms with E-state index in [4.69, 9.17) is 16.5 Å². The van der Waals surface area contributed by atoms with Gasteiger partial charge in [0.15, 0.2) is 0 Å². The normalized spacial score (nSPS) is 10.6. The fourth-order valence-corrected chi connectivity index (χ4v) is 3.41. The monoisotopic (exact) mass is 461 g/mol. The van der Waals surface area contributed by atoms with Gasteiger partial charge in [-0.1, -0.05) is 30.3 Å². The van der Waals surface area contributed by atoms with Crippen molar-refractivity contribution in [2.75, 3.05) is 4.42 Å². The summed E-state index contributed by atoms with van der Waals surface area (Å²) >= 11 is 6.00. The van der Waals surface area contributed by atoms with E-state index in [1.54, 1.807) is 18.2 Å². The number of halogens is 1. The Labute approximate surface area is 195 Å². The zero-order chi connectivity index (χ0) is 23.4. The number of ether oxygens (including phenoxy) is 1. The Morgan fingerprint density at radius 2 is 1.67 bits per heavy atom. The number of aromatic carboxylic acids is 1. The minimum Gasteiger partial charge on any atom is -0.477 e. The van der Waals surface area contributed by atoms with E-state index >= 15 is 0 Å². The van der Waals surface area contributed by atoms with Crippen LogP contribution in [0.1, 0.15) is 23.0 Å². The van der Waals surface area contributed by atoms with Crippen LogP contribution < -0.4 is 9.16 Å². The average molecular weight is 462 g/mol. The third kappa shape index (κ3) is 5.22. The molecule has 0 aliphatic rings. The van der Waals surface area contributed by atoms with Crippen molar-refractivity contribution in [2.24, 2.45) is 0 Å². The lowest BCUT2D eigenvalue weighted by Gasteiger charge is -2.13. The number of rotatable bonds is 7. The molecule has 0 unspecified atom stereocenters. The van der Waals surface area contributed by atoms with Crippen molar-refractivity contribution < 1.29 is 19.4 Å². The molecule has 0 aliphatic heterocycles. The number of nitrogens with zero attached hydrogens (tertiary/aromatic N) is 3. The van der Waals surface area contributed by atoms with Crippen LogP contribution in [-0.4, -0.2) is 26.8 Å². The van der Waals surface area contributed by atoms with Crippen LogP contribution in [0.2, 0.25) is 0 Å². The summed E-state index contributed by atoms with van der Waals surface area (Å²) in [6, 6.07) is 25.2. The van der Waals surface area contributed by atoms with Crippen molar-refractivity contribution in [1.29, 1.82) is 0 Å². The maximum Gasteiger partial charge on any atom is 0.354 e. The van der Waals surface area contributed by atoms with Gasteiger partial charge in [-0.2, -0.15) is 5.10 Å². The lowest BCUT2D eigenvalue weighted by molar-refractivity contribution is -0.115. The summed E-state index contributed by atoms with van der Waals surface area (Å²) in [5.74, 6) is -0.0151. The standard InChI is InChI=1S/C25H20ClN3O4/c1-17(30)29(26)20-7-5-6-18(14-20)16-28-24(25(31)32)15-23(27-28)19-10-12-22(13-11-19)33-21-8-3-2-4-9-21/h2-15H,16H2,1H3,(H,31,32). The van der Waals surface area contributed by atoms with Gasteiger partial charge >= 0.3 is 5.97 Å². The van der Waals surface area contributed by atoms with E-state index in [1.807, 2.05) is 60.7 Å². The lowest BCUT2D eigenvalue weighted by Crippen LogP contribution is -2.17. The van der Waals surface area contributed by atoms with Crippen LogP contribution in [0.15, 0.2) is 84.9 Å². The highest BCUT2D eigenvalue weighted by Gasteiger charge is 2.17. The van der Waals surface area contributed by atoms with Crippen LogP contribution >= 0.6 is 11.8 Å². The predicted octanol–water partition coefficient (Wildman–Crippen LogP) is 5.60. The van der Waals surface area contributed by atoms with Crippen molar-refractivity contribution >= 4 is 29.3 Å². The van der Waals surface area contributed by atoms with Crippen molar-refractivity contribution in [2.45, 2.75) is 13.5 Å². The van der Waals surface area contributed by atoms with E-state index in [1.165, 1.54) is 17.7 Å². The molecule has 7 nitrogen and oxygen atoms in total. The summed E-state index contributed by atoms with van der Waals surface area (Å²) in [5.41, 5.74) is 2.59. The summed E-state index contributed by atoms with van der Waals surface area (Å²) in [6.07, 6.45) is 0. The SMILES string of the molecule is CC(=O)N(Cl)c1cccc(Cn2nc(-c3ccc(Oc4ccccc4)cc3)cc2C(=O)O)c1. The smallest absolute Gasteiger partial charge is 0.354 e. The van der Waals surface area contributed by atoms with Crippen molar-refractivity contribution in [3.63, 3.8) is 0 Å². The highest BCUT2D eigenvalue weighted by molar-refractivity contribution is 6.36. The van der Waals surface area contributed by atoms with E-state index < -0.39 is 5.97 Å². The number of carboxylic acids is 1. The molecule has 3 aromatic carbocycles. The Hall–Kier alpha value is -4.10. The Morgan fingerprint density at radius 3 is 2.33 bits per heavy atom. The molecule has 0 aliphatic carbocycles. The predicted molar refractivity (Wildman–Crippen MR) is 126 cm³/mol. The summed E-state index contributed by atoms with van der Waals surface area (Å²) in [7, 11) is 0. The van der Waals surface area contributed by atoms with Crippen LogP contribution in [0.3, 0.4) is 0 Å². The number of para-hydroxylation sites is 1. The van der Waals surface area contributed by atoms with Crippen LogP contribution in [-0.2, 0) is 11.3 Å². The highest BCUT2D eigenvalue weighted by Crippen LogP contribution is 2.26. The third-order valence-electron chi connectivity index (χ3n) is 4.87. The minimum atomic E-state index is -1.09. The van der Waals surface area contributed by atoms with Crippen LogP contribution in [0.25, 0.3) is 11.3 Å². The molecule has 1 N–H and O–H groups in total. The number of amides is 1. The van der Waals surface area contributed by atoms with E-state index in [0.29, 0.717) is 17.1 Å². The first-order valence-corrected chi connectivity index (χ1v) is 10.4. The van der Waals surface area contributed by atoms with Crippen LogP contribution in [0, 0.1) is 0 Å². The van der Waals surface area contributed by atoms with Gasteiger partial charge in [-0.25, -0.2) is 9.21 Å². The molecule has 0 saturated carbocycles. The van der Waals surface area contributed by atoms with E-state index in [9.17, 15) is 14.7 Å². The van der Waals surface area contributed by atoms with Crippen LogP contribution in [0.4, 0.5) is 5.69 Å². The maximum absolute atomic E-state index is 11.8. The molecule has 1 heterocycles. The summed E-state index contributed by atoms with van der Waals surface area (Å²) in [6.45, 7) is 1.56. The molecule has 4 aromatic rings. The number of carbonyl (C=O) groups excluding carboxylic acids is 1. The molecular formula is C25H20ClN3O4. The number of benzene rings is 3. The average Bonchev–Trinajstić information content (AvgIpc) is 3.24. The largest absolute Gasteiger partial charge is 0.477 e. The zero-order valence-corrected chi connectivity index (χ0v) is 18.4. The topological polar surface area (TPSA) is 84.7 Å². The van der Waals surface area contributed by atoms with E-state index in [2.05, 4.69) is 5.10 Å². The Balaban J connectivity index is 1.58. The van der Waals surface area contributed by atoms with E-state index in [-0.39, 0.29) is 18.1 Å². The summed E-state index contributed by atoms with van der Waals surface area (Å²) < 4.78 is 8.23. The molecule has 4 rings (SSSR count). The maximum atomic E-state index is 11.8. The molecule has 1 aromatic heterocycles. The fourth-order valence-electron chi connectivity index (χ4n) is 3.30. The first kappa shape index (κ1) is 22.1. The van der Waals surface area contributed by atoms with Crippen molar-refractivity contribution in [3.8, 4) is 22.8 Å². The second-order valence-electron chi connectivity index (χ2n) is 7.29. The van der Waals surface area contributed by atoms with E-state index in [0.717, 1.165) is 21.3 Å². The first-order chi connectivity index (χ1) is 15.9. The summed E-state index contributed by atoms with van der Waals surface area (Å²) in [5, 5.41) is 14.2. The first-order valence-electron chi connectivity index (χ1n) is 10.1. The Bertz CT molecular complexity index is 1290. The molecule has 0 bridgehead atoms. The third-order valence-corrected chi connectivity index (χ3v) is 5.31. The van der Waals surface area contributed by atoms with Gasteiger partial charge in [-0.15, -0.1) is 0 Å². The lowest BCUT2D eigenvalue weighted by atomic mass is 10.1. The van der Waals surface area contributed by atoms with Gasteiger partial charge < -0.3 is 9.84 Å². The molecule has 1 amide bonds. The van der Waals surface area contributed by atoms with Gasteiger partial charge in [0.05, 0.1) is 17.9 Å². The molecule has 0 saturated heterocycles. The second-order valence-corrected chi connectivity index (χ2v) is 7.62. The molecule has 0 fully saturated rings. The number of hydrogen-bond donors (Lipinski definition) is 1. The number of carbonyl (C=O) groups is 2. The molecule has 8 heteroatoms. The zero-order valence-electron chi connectivity index (χ0n) is 17.7. The fraction of sp³-hybridized carbons (Fsp3) is 0.0800. The molecule has 0 spiro atoms. The molecule has 33 heavy (non-hydrogen) atoms. The van der Waals surface area contributed by atoms with Gasteiger partial charge in [0.1, 0.15) is 17.2 Å². The molecular weight excluding hydrogens is 442 g/mol. The quantitative estimate of drug-likeness (QED) is 0.362. The van der Waals surface area contributed by atoms with Crippen LogP contribution in [0.5, 0.6) is 11.5 Å². The van der Waals surface area contributed by atoms with Gasteiger partial charge in [-0.05, 0) is 60.2 Å². The summed E-state index contributed by atoms with van der Waals surface area (Å²) in [4.78, 5) is 23.4. The second kappa shape index (κ2) is 9.58. The van der Waals surface area contributed by atoms with Crippen molar-refractivity contribution in [1.82, 2.24) is 9.78 Å². The Kier molecular flexibility index (Phi) is 6.42. The minimum absolute atomic E-state index is 0.0503. The molecule has 0 atom stereocenters. The Morgan fingerprint density at radius 1 is 0.970 bits per heavy atom. The van der Waals surface area contributed by atoms with Gasteiger partial charge in [0.2, 0.25) is 5.91 Å². The molecule has 0 radical (unpaired) electrons. The van der Waals surface area contributed by atoms with Crippen molar-refractivity contribution in [3.05, 3.63) is 96.2 Å². The number of carboxylic acid groups (broad SMARTS) is 1.